The Morgan fingerprint density at radius 1 is 0.309 bits per heavy atom. The summed E-state index contributed by atoms with van der Waals surface area (Å²) in [5.74, 6) is -25.3. The monoisotopic (exact) mass is 1190 g/mol. The van der Waals surface area contributed by atoms with Crippen LogP contribution in [0.1, 0.15) is 158 Å². The molecule has 16 heteroatoms. The predicted octanol–water partition coefficient (Wildman–Crippen LogP) is 20.0. The highest BCUT2D eigenvalue weighted by Gasteiger charge is 2.87. The number of benzene rings is 6. The number of rotatable bonds is 14. The highest BCUT2D eigenvalue weighted by Crippen LogP contribution is 2.73. The van der Waals surface area contributed by atoms with Crippen molar-refractivity contribution in [3.8, 4) is 0 Å². The average Bonchev–Trinajstić information content (AvgIpc) is 3.35. The van der Waals surface area contributed by atoms with Crippen molar-refractivity contribution in [3.63, 3.8) is 0 Å². The van der Waals surface area contributed by atoms with Gasteiger partial charge in [0.1, 0.15) is 0 Å². The summed E-state index contributed by atoms with van der Waals surface area (Å²) in [6.07, 6.45) is 0. The molecule has 0 unspecified atom stereocenters. The van der Waals surface area contributed by atoms with E-state index in [1.165, 1.54) is 72.8 Å². The first-order valence-corrected chi connectivity index (χ1v) is 31.1. The van der Waals surface area contributed by atoms with Crippen LogP contribution in [0, 0.1) is 0 Å². The van der Waals surface area contributed by atoms with Crippen molar-refractivity contribution in [1.29, 1.82) is 0 Å². The molecule has 0 spiro atoms. The maximum atomic E-state index is 17.1. The Kier molecular flexibility index (Phi) is 17.2. The van der Waals surface area contributed by atoms with Gasteiger partial charge >= 0.3 is 39.1 Å². The molecule has 6 rings (SSSR count). The first-order valence-electron chi connectivity index (χ1n) is 26.6. The molecule has 5 nitrogen and oxygen atoms in total. The van der Waals surface area contributed by atoms with Crippen LogP contribution in [0.3, 0.4) is 0 Å². The summed E-state index contributed by atoms with van der Waals surface area (Å²) in [7, 11) is -15.9. The van der Waals surface area contributed by atoms with Gasteiger partial charge in [0, 0.05) is 29.4 Å². The first-order chi connectivity index (χ1) is 36.6. The van der Waals surface area contributed by atoms with Crippen LogP contribution >= 0.6 is 20.6 Å². The maximum absolute atomic E-state index is 17.1. The number of alkyl halides is 8. The molecule has 6 aromatic rings. The van der Waals surface area contributed by atoms with E-state index in [0.29, 0.717) is 16.7 Å². The molecule has 0 aliphatic rings. The second-order valence-electron chi connectivity index (χ2n) is 26.9. The van der Waals surface area contributed by atoms with Gasteiger partial charge in [-0.15, -0.1) is 0 Å². The van der Waals surface area contributed by atoms with Crippen LogP contribution < -0.4 is 0 Å². The molecule has 0 aromatic heterocycles. The van der Waals surface area contributed by atoms with Crippen molar-refractivity contribution in [1.82, 2.24) is 0 Å². The van der Waals surface area contributed by atoms with E-state index in [4.69, 9.17) is 7.81 Å². The van der Waals surface area contributed by atoms with Gasteiger partial charge in [0.2, 0.25) is 0 Å². The quantitative estimate of drug-likeness (QED) is 0.102. The standard InChI is InChI=1S/C65H78F8O5S3/c1-56(2,3)43-19-31-49(32-20-43)79(50-33-21-44(22-34-50)57(4,5)6,51-35-23-45(24-36-51)58(7,8)9)77-55(74)62(66,67)63(68,69)64(70,71)65(72,73)81(75,76)78-80(52-37-25-46(26-38-52)59(10,11)12,53-39-27-47(28-40-53)60(13,14)15)54-41-29-48(30-42-54)61(16,17)18/h19-42H,1-18H3. The molecule has 0 atom stereocenters. The van der Waals surface area contributed by atoms with Gasteiger partial charge in [0.15, 0.2) is 0 Å². The predicted molar refractivity (Wildman–Crippen MR) is 312 cm³/mol. The lowest BCUT2D eigenvalue weighted by atomic mass is 9.87. The minimum Gasteiger partial charge on any atom is -0.397 e. The van der Waals surface area contributed by atoms with Gasteiger partial charge in [-0.1, -0.05) is 197 Å². The fourth-order valence-corrected chi connectivity index (χ4v) is 17.1. The Labute approximate surface area is 478 Å². The first kappa shape index (κ1) is 65.0. The second-order valence-corrected chi connectivity index (χ2v) is 34.1. The van der Waals surface area contributed by atoms with Crippen molar-refractivity contribution in [2.45, 2.75) is 210 Å². The van der Waals surface area contributed by atoms with E-state index in [1.807, 2.05) is 125 Å². The molecule has 0 saturated carbocycles. The van der Waals surface area contributed by atoms with E-state index in [9.17, 15) is 13.2 Å². The maximum Gasteiger partial charge on any atom is 0.439 e. The molecule has 0 heterocycles. The van der Waals surface area contributed by atoms with Gasteiger partial charge in [-0.3, -0.25) is 0 Å². The molecule has 0 radical (unpaired) electrons. The fraction of sp³-hybridized carbons (Fsp3) is 0.431. The molecule has 0 N–H and O–H groups in total. The third kappa shape index (κ3) is 12.3. The van der Waals surface area contributed by atoms with Gasteiger partial charge in [0.05, 0.1) is 0 Å². The summed E-state index contributed by atoms with van der Waals surface area (Å²) >= 11 is 0. The highest BCUT2D eigenvalue weighted by atomic mass is 32.3. The Bertz CT molecular complexity index is 3020. The average molecular weight is 1190 g/mol. The molecule has 442 valence electrons. The molecule has 81 heavy (non-hydrogen) atoms. The Balaban J connectivity index is 1.58. The van der Waals surface area contributed by atoms with Crippen molar-refractivity contribution in [3.05, 3.63) is 179 Å². The molecule has 0 bridgehead atoms. The SMILES string of the molecule is CC(C)(C)c1ccc(S(OC(=O)C(F)(F)C(F)(F)C(F)(F)C(F)(F)S(=O)(=O)OS(c2ccc(C(C)(C)C)cc2)(c2ccc(C(C)(C)C)cc2)c2ccc(C(C)(C)C)cc2)(c2ccc(C(C)(C)C)cc2)c2ccc(C(C)(C)C)cc2)cc1. The van der Waals surface area contributed by atoms with Crippen LogP contribution in [0.5, 0.6) is 0 Å². The van der Waals surface area contributed by atoms with E-state index >= 15 is 35.1 Å². The largest absolute Gasteiger partial charge is 0.439 e. The topological polar surface area (TPSA) is 69.7 Å². The molecule has 0 aliphatic heterocycles. The van der Waals surface area contributed by atoms with Gasteiger partial charge in [-0.05, 0) is 159 Å². The van der Waals surface area contributed by atoms with Gasteiger partial charge in [-0.2, -0.15) is 43.5 Å². The minimum absolute atomic E-state index is 0.0241. The van der Waals surface area contributed by atoms with Crippen LogP contribution in [0.15, 0.2) is 175 Å². The van der Waals surface area contributed by atoms with E-state index in [2.05, 4.69) is 0 Å². The summed E-state index contributed by atoms with van der Waals surface area (Å²) in [5.41, 5.74) is 1.15. The van der Waals surface area contributed by atoms with Crippen LogP contribution in [0.25, 0.3) is 0 Å². The molecule has 6 aromatic carbocycles. The third-order valence-electron chi connectivity index (χ3n) is 14.4. The van der Waals surface area contributed by atoms with Gasteiger partial charge in [0.25, 0.3) is 0 Å². The summed E-state index contributed by atoms with van der Waals surface area (Å²) < 4.78 is 176. The molecular weight excluding hydrogens is 1110 g/mol. The number of carbonyl (C=O) groups excluding carboxylic acids is 1. The van der Waals surface area contributed by atoms with Crippen molar-refractivity contribution in [2.75, 3.05) is 0 Å². The Morgan fingerprint density at radius 3 is 0.679 bits per heavy atom. The van der Waals surface area contributed by atoms with Gasteiger partial charge < -0.3 is 4.18 Å². The summed E-state index contributed by atoms with van der Waals surface area (Å²) in [6, 6.07) is 35.9. The molecular formula is C65H78F8O5S3. The number of carbonyl (C=O) groups is 1. The minimum atomic E-state index is -7.59. The van der Waals surface area contributed by atoms with Gasteiger partial charge in [-0.25, -0.2) is 8.42 Å². The Hall–Kier alpha value is -5.16. The van der Waals surface area contributed by atoms with E-state index in [0.717, 1.165) is 16.7 Å². The molecule has 0 fully saturated rings. The normalized spacial score (nSPS) is 14.6. The summed E-state index contributed by atoms with van der Waals surface area (Å²) in [6.45, 7) is 33.8. The van der Waals surface area contributed by atoms with Crippen LogP contribution in [-0.4, -0.2) is 37.4 Å². The highest BCUT2D eigenvalue weighted by molar-refractivity contribution is 8.33. The molecule has 0 saturated heterocycles. The molecule has 0 amide bonds. The lowest BCUT2D eigenvalue weighted by Gasteiger charge is -2.43. The Morgan fingerprint density at radius 2 is 0.494 bits per heavy atom. The van der Waals surface area contributed by atoms with Crippen molar-refractivity contribution >= 4 is 36.7 Å². The molecule has 0 aliphatic carbocycles. The number of hydrogen-bond donors (Lipinski definition) is 0. The van der Waals surface area contributed by atoms with Crippen molar-refractivity contribution < 1.29 is 56.1 Å². The summed E-state index contributed by atoms with van der Waals surface area (Å²) in [5, 5.41) is -7.19. The van der Waals surface area contributed by atoms with Crippen molar-refractivity contribution in [2.24, 2.45) is 0 Å². The van der Waals surface area contributed by atoms with Crippen LogP contribution in [0.4, 0.5) is 35.1 Å². The number of halogens is 8. The number of hydrogen-bond acceptors (Lipinski definition) is 5. The van der Waals surface area contributed by atoms with E-state index < -0.39 is 92.2 Å². The van der Waals surface area contributed by atoms with Crippen LogP contribution in [0.2, 0.25) is 0 Å². The zero-order chi connectivity index (χ0) is 61.4. The lowest BCUT2D eigenvalue weighted by Crippen LogP contribution is -2.66. The zero-order valence-electron chi connectivity index (χ0n) is 49.6. The third-order valence-corrected chi connectivity index (χ3v) is 22.9. The van der Waals surface area contributed by atoms with E-state index in [-0.39, 0.29) is 29.4 Å². The fourth-order valence-electron chi connectivity index (χ4n) is 8.97. The lowest BCUT2D eigenvalue weighted by molar-refractivity contribution is -0.340. The smallest absolute Gasteiger partial charge is 0.397 e. The van der Waals surface area contributed by atoms with Crippen LogP contribution in [-0.2, 0) is 55.2 Å². The zero-order valence-corrected chi connectivity index (χ0v) is 52.1. The summed E-state index contributed by atoms with van der Waals surface area (Å²) in [4.78, 5) is 13.9. The second kappa shape index (κ2) is 21.5. The van der Waals surface area contributed by atoms with E-state index in [1.54, 1.807) is 72.8 Å².